The van der Waals surface area contributed by atoms with Gasteiger partial charge >= 0.3 is 0 Å². The molecule has 0 spiro atoms. The zero-order valence-corrected chi connectivity index (χ0v) is 11.5. The van der Waals surface area contributed by atoms with Gasteiger partial charge in [0.05, 0.1) is 6.61 Å². The van der Waals surface area contributed by atoms with E-state index in [0.717, 1.165) is 19.3 Å². The Balaban J connectivity index is 2.83. The maximum Gasteiger partial charge on any atom is 0.0716 e. The molecule has 96 valence electrons. The van der Waals surface area contributed by atoms with Crippen molar-refractivity contribution in [1.29, 1.82) is 0 Å². The molecule has 0 bridgehead atoms. The van der Waals surface area contributed by atoms with Crippen molar-refractivity contribution in [1.82, 2.24) is 0 Å². The molecule has 0 saturated carbocycles. The fourth-order valence-electron chi connectivity index (χ4n) is 2.08. The zero-order valence-electron chi connectivity index (χ0n) is 11.5. The molecule has 2 nitrogen and oxygen atoms in total. The van der Waals surface area contributed by atoms with Gasteiger partial charge in [-0.15, -0.1) is 0 Å². The number of nitrogens with one attached hydrogen (secondary N) is 1. The van der Waals surface area contributed by atoms with Crippen molar-refractivity contribution in [2.75, 3.05) is 12.4 Å². The molecule has 2 heteroatoms. The summed E-state index contributed by atoms with van der Waals surface area (Å²) in [5, 5.41) is 3.57. The van der Waals surface area contributed by atoms with Crippen LogP contribution in [0.2, 0.25) is 0 Å². The first-order valence-corrected chi connectivity index (χ1v) is 6.62. The summed E-state index contributed by atoms with van der Waals surface area (Å²) in [6.07, 6.45) is 3.38. The first-order valence-electron chi connectivity index (χ1n) is 6.62. The van der Waals surface area contributed by atoms with Crippen molar-refractivity contribution in [3.05, 3.63) is 29.3 Å². The second kappa shape index (κ2) is 7.33. The molecule has 0 unspecified atom stereocenters. The Labute approximate surface area is 105 Å². The lowest BCUT2D eigenvalue weighted by atomic mass is 10.0. The molecule has 0 atom stereocenters. The maximum atomic E-state index is 5.26. The number of methoxy groups -OCH3 is 1. The van der Waals surface area contributed by atoms with Crippen molar-refractivity contribution < 1.29 is 4.74 Å². The fraction of sp³-hybridized carbons (Fsp3) is 0.600. The third kappa shape index (κ3) is 4.04. The van der Waals surface area contributed by atoms with Crippen LogP contribution in [-0.2, 0) is 17.8 Å². The van der Waals surface area contributed by atoms with E-state index < -0.39 is 0 Å². The number of aryl methyl sites for hydroxylation is 1. The summed E-state index contributed by atoms with van der Waals surface area (Å²) in [7, 11) is 1.75. The van der Waals surface area contributed by atoms with Gasteiger partial charge < -0.3 is 10.1 Å². The third-order valence-electron chi connectivity index (χ3n) is 3.24. The fourth-order valence-corrected chi connectivity index (χ4v) is 2.08. The molecule has 0 amide bonds. The second-order valence-electron chi connectivity index (χ2n) is 4.43. The first-order chi connectivity index (χ1) is 8.24. The van der Waals surface area contributed by atoms with Crippen LogP contribution in [0.25, 0.3) is 0 Å². The van der Waals surface area contributed by atoms with Gasteiger partial charge in [0, 0.05) is 18.8 Å². The highest BCUT2D eigenvalue weighted by Gasteiger charge is 2.06. The van der Waals surface area contributed by atoms with E-state index in [1.54, 1.807) is 7.11 Å². The van der Waals surface area contributed by atoms with Crippen molar-refractivity contribution in [3.63, 3.8) is 0 Å². The van der Waals surface area contributed by atoms with E-state index in [9.17, 15) is 0 Å². The van der Waals surface area contributed by atoms with Crippen LogP contribution in [0, 0.1) is 0 Å². The van der Waals surface area contributed by atoms with Crippen molar-refractivity contribution >= 4 is 5.69 Å². The molecule has 0 aliphatic rings. The lowest BCUT2D eigenvalue weighted by Crippen LogP contribution is -2.17. The van der Waals surface area contributed by atoms with Gasteiger partial charge in [0.1, 0.15) is 0 Å². The number of hydrogen-bond donors (Lipinski definition) is 1. The Hall–Kier alpha value is -1.02. The number of anilines is 1. The summed E-state index contributed by atoms with van der Waals surface area (Å²) >= 11 is 0. The highest BCUT2D eigenvalue weighted by molar-refractivity contribution is 5.49. The molecule has 1 rings (SSSR count). The monoisotopic (exact) mass is 235 g/mol. The molecule has 1 aromatic rings. The highest BCUT2D eigenvalue weighted by atomic mass is 16.5. The van der Waals surface area contributed by atoms with Gasteiger partial charge in [0.15, 0.2) is 0 Å². The van der Waals surface area contributed by atoms with Crippen LogP contribution in [0.5, 0.6) is 0 Å². The van der Waals surface area contributed by atoms with E-state index in [-0.39, 0.29) is 0 Å². The van der Waals surface area contributed by atoms with Crippen LogP contribution in [0.3, 0.4) is 0 Å². The zero-order chi connectivity index (χ0) is 12.7. The SMILES string of the molecule is CCc1ccc(NC(CC)CC)cc1COC. The van der Waals surface area contributed by atoms with Crippen LogP contribution >= 0.6 is 0 Å². The number of ether oxygens (including phenoxy) is 1. The molecule has 0 aliphatic carbocycles. The summed E-state index contributed by atoms with van der Waals surface area (Å²) < 4.78 is 5.26. The van der Waals surface area contributed by atoms with Gasteiger partial charge in [-0.2, -0.15) is 0 Å². The molecule has 17 heavy (non-hydrogen) atoms. The van der Waals surface area contributed by atoms with Gasteiger partial charge in [-0.05, 0) is 42.5 Å². The topological polar surface area (TPSA) is 21.3 Å². The van der Waals surface area contributed by atoms with Gasteiger partial charge in [0.2, 0.25) is 0 Å². The number of hydrogen-bond acceptors (Lipinski definition) is 2. The van der Waals surface area contributed by atoms with Crippen LogP contribution in [0.4, 0.5) is 5.69 Å². The summed E-state index contributed by atoms with van der Waals surface area (Å²) in [5.74, 6) is 0. The Bertz CT molecular complexity index is 332. The van der Waals surface area contributed by atoms with Crippen LogP contribution in [0.15, 0.2) is 18.2 Å². The van der Waals surface area contributed by atoms with Gasteiger partial charge in [0.25, 0.3) is 0 Å². The van der Waals surface area contributed by atoms with Gasteiger partial charge in [-0.25, -0.2) is 0 Å². The largest absolute Gasteiger partial charge is 0.382 e. The maximum absolute atomic E-state index is 5.26. The van der Waals surface area contributed by atoms with E-state index in [1.165, 1.54) is 16.8 Å². The van der Waals surface area contributed by atoms with Crippen LogP contribution < -0.4 is 5.32 Å². The molecule has 0 saturated heterocycles. The van der Waals surface area contributed by atoms with Crippen molar-refractivity contribution in [2.45, 2.75) is 52.7 Å². The van der Waals surface area contributed by atoms with E-state index in [2.05, 4.69) is 44.3 Å². The van der Waals surface area contributed by atoms with E-state index >= 15 is 0 Å². The Morgan fingerprint density at radius 1 is 1.12 bits per heavy atom. The minimum absolute atomic E-state index is 0.567. The molecule has 1 N–H and O–H groups in total. The number of benzene rings is 1. The molecular formula is C15H25NO. The average molecular weight is 235 g/mol. The smallest absolute Gasteiger partial charge is 0.0716 e. The van der Waals surface area contributed by atoms with Gasteiger partial charge in [-0.3, -0.25) is 0 Å². The lowest BCUT2D eigenvalue weighted by molar-refractivity contribution is 0.184. The standard InChI is InChI=1S/C15H25NO/c1-5-12-8-9-15(10-13(12)11-17-4)16-14(6-2)7-3/h8-10,14,16H,5-7,11H2,1-4H3. The van der Waals surface area contributed by atoms with Gasteiger partial charge in [-0.1, -0.05) is 26.8 Å². The summed E-state index contributed by atoms with van der Waals surface area (Å²) in [5.41, 5.74) is 3.89. The molecule has 0 aliphatic heterocycles. The molecule has 0 aromatic heterocycles. The minimum atomic E-state index is 0.567. The second-order valence-corrected chi connectivity index (χ2v) is 4.43. The predicted molar refractivity (Wildman–Crippen MR) is 74.5 cm³/mol. The lowest BCUT2D eigenvalue weighted by Gasteiger charge is -2.18. The Morgan fingerprint density at radius 2 is 1.82 bits per heavy atom. The Kier molecular flexibility index (Phi) is 6.06. The van der Waals surface area contributed by atoms with E-state index in [1.807, 2.05) is 0 Å². The summed E-state index contributed by atoms with van der Waals surface area (Å²) in [6.45, 7) is 7.32. The predicted octanol–water partition coefficient (Wildman–Crippen LogP) is 4.00. The number of rotatable bonds is 7. The minimum Gasteiger partial charge on any atom is -0.382 e. The Morgan fingerprint density at radius 3 is 2.35 bits per heavy atom. The normalized spacial score (nSPS) is 10.9. The summed E-state index contributed by atoms with van der Waals surface area (Å²) in [4.78, 5) is 0. The highest BCUT2D eigenvalue weighted by Crippen LogP contribution is 2.19. The quantitative estimate of drug-likeness (QED) is 0.771. The van der Waals surface area contributed by atoms with E-state index in [4.69, 9.17) is 4.74 Å². The molecule has 1 aromatic carbocycles. The van der Waals surface area contributed by atoms with Crippen LogP contribution in [0.1, 0.15) is 44.7 Å². The first kappa shape index (κ1) is 14.0. The average Bonchev–Trinajstić information content (AvgIpc) is 2.36. The van der Waals surface area contributed by atoms with Crippen molar-refractivity contribution in [3.8, 4) is 0 Å². The van der Waals surface area contributed by atoms with Crippen LogP contribution in [-0.4, -0.2) is 13.2 Å². The third-order valence-corrected chi connectivity index (χ3v) is 3.24. The molecular weight excluding hydrogens is 210 g/mol. The molecule has 0 fully saturated rings. The molecule has 0 radical (unpaired) electrons. The van der Waals surface area contributed by atoms with Crippen molar-refractivity contribution in [2.24, 2.45) is 0 Å². The van der Waals surface area contributed by atoms with E-state index in [0.29, 0.717) is 12.6 Å². The molecule has 0 heterocycles. The summed E-state index contributed by atoms with van der Waals surface area (Å²) in [6, 6.07) is 7.17.